The number of thiophene rings is 1. The van der Waals surface area contributed by atoms with Gasteiger partial charge in [0.15, 0.2) is 5.06 Å². The van der Waals surface area contributed by atoms with Crippen molar-refractivity contribution in [3.63, 3.8) is 0 Å². The summed E-state index contributed by atoms with van der Waals surface area (Å²) in [5.74, 6) is 0.778. The molecule has 86 valence electrons. The van der Waals surface area contributed by atoms with Gasteiger partial charge < -0.3 is 4.74 Å². The standard InChI is InChI=1S/C14H13NOS/c1-3-13-10(2)9-17-14(13)16-12-6-4-11(8-15)5-7-12/h4-7,9H,3H2,1-2H3. The van der Waals surface area contributed by atoms with E-state index in [1.807, 2.05) is 12.1 Å². The minimum atomic E-state index is 0.649. The fraction of sp³-hybridized carbons (Fsp3) is 0.214. The zero-order valence-electron chi connectivity index (χ0n) is 9.86. The van der Waals surface area contributed by atoms with Crippen LogP contribution in [-0.2, 0) is 6.42 Å². The maximum Gasteiger partial charge on any atom is 0.184 e. The quantitative estimate of drug-likeness (QED) is 0.806. The molecule has 0 spiro atoms. The van der Waals surface area contributed by atoms with E-state index in [0.717, 1.165) is 17.2 Å². The smallest absolute Gasteiger partial charge is 0.184 e. The normalized spacial score (nSPS) is 9.94. The molecule has 1 heterocycles. The molecule has 0 unspecified atom stereocenters. The Hall–Kier alpha value is -1.79. The topological polar surface area (TPSA) is 33.0 Å². The van der Waals surface area contributed by atoms with Crippen LogP contribution >= 0.6 is 11.3 Å². The molecule has 0 aliphatic rings. The van der Waals surface area contributed by atoms with E-state index in [4.69, 9.17) is 10.00 Å². The van der Waals surface area contributed by atoms with Gasteiger partial charge in [0.05, 0.1) is 11.6 Å². The average molecular weight is 243 g/mol. The van der Waals surface area contributed by atoms with Crippen molar-refractivity contribution in [2.45, 2.75) is 20.3 Å². The molecule has 0 aliphatic carbocycles. The molecule has 1 aromatic carbocycles. The zero-order valence-corrected chi connectivity index (χ0v) is 10.7. The molecule has 2 nitrogen and oxygen atoms in total. The Kier molecular flexibility index (Phi) is 3.46. The van der Waals surface area contributed by atoms with Gasteiger partial charge in [-0.05, 0) is 48.6 Å². The summed E-state index contributed by atoms with van der Waals surface area (Å²) < 4.78 is 5.83. The second-order valence-corrected chi connectivity index (χ2v) is 4.62. The molecule has 0 amide bonds. The lowest BCUT2D eigenvalue weighted by Gasteiger charge is -2.05. The van der Waals surface area contributed by atoms with E-state index in [1.54, 1.807) is 23.5 Å². The Morgan fingerprint density at radius 1 is 1.29 bits per heavy atom. The van der Waals surface area contributed by atoms with Crippen molar-refractivity contribution in [3.05, 3.63) is 46.3 Å². The molecule has 0 radical (unpaired) electrons. The number of rotatable bonds is 3. The van der Waals surface area contributed by atoms with Gasteiger partial charge >= 0.3 is 0 Å². The Morgan fingerprint density at radius 2 is 2.00 bits per heavy atom. The molecule has 1 aromatic heterocycles. The van der Waals surface area contributed by atoms with Gasteiger partial charge in [-0.15, -0.1) is 11.3 Å². The minimum Gasteiger partial charge on any atom is -0.446 e. The Morgan fingerprint density at radius 3 is 2.59 bits per heavy atom. The molecule has 2 aromatic rings. The molecule has 0 atom stereocenters. The van der Waals surface area contributed by atoms with E-state index in [0.29, 0.717) is 5.56 Å². The first-order valence-corrected chi connectivity index (χ1v) is 6.37. The van der Waals surface area contributed by atoms with Crippen LogP contribution in [0, 0.1) is 18.3 Å². The summed E-state index contributed by atoms with van der Waals surface area (Å²) in [5, 5.41) is 11.8. The van der Waals surface area contributed by atoms with Crippen LogP contribution in [0.4, 0.5) is 0 Å². The van der Waals surface area contributed by atoms with Crippen LogP contribution in [0.15, 0.2) is 29.6 Å². The zero-order chi connectivity index (χ0) is 12.3. The van der Waals surface area contributed by atoms with Gasteiger partial charge in [0.25, 0.3) is 0 Å². The van der Waals surface area contributed by atoms with Crippen molar-refractivity contribution in [2.75, 3.05) is 0 Å². The van der Waals surface area contributed by atoms with E-state index in [9.17, 15) is 0 Å². The highest BCUT2D eigenvalue weighted by molar-refractivity contribution is 7.12. The number of nitriles is 1. The van der Waals surface area contributed by atoms with Gasteiger partial charge in [0.1, 0.15) is 5.75 Å². The van der Waals surface area contributed by atoms with Crippen molar-refractivity contribution in [2.24, 2.45) is 0 Å². The molecule has 3 heteroatoms. The number of benzene rings is 1. The van der Waals surface area contributed by atoms with E-state index < -0.39 is 0 Å². The van der Waals surface area contributed by atoms with Crippen LogP contribution in [0.3, 0.4) is 0 Å². The van der Waals surface area contributed by atoms with Crippen LogP contribution in [0.2, 0.25) is 0 Å². The van der Waals surface area contributed by atoms with Gasteiger partial charge in [0, 0.05) is 5.56 Å². The highest BCUT2D eigenvalue weighted by atomic mass is 32.1. The van der Waals surface area contributed by atoms with Crippen molar-refractivity contribution in [3.8, 4) is 16.9 Å². The van der Waals surface area contributed by atoms with Crippen molar-refractivity contribution >= 4 is 11.3 Å². The van der Waals surface area contributed by atoms with E-state index in [1.165, 1.54) is 11.1 Å². The molecular formula is C14H13NOS. The van der Waals surface area contributed by atoms with Gasteiger partial charge in [-0.3, -0.25) is 0 Å². The minimum absolute atomic E-state index is 0.649. The summed E-state index contributed by atoms with van der Waals surface area (Å²) in [7, 11) is 0. The predicted octanol–water partition coefficient (Wildman–Crippen LogP) is 4.28. The maximum absolute atomic E-state index is 8.71. The number of hydrogen-bond acceptors (Lipinski definition) is 3. The highest BCUT2D eigenvalue weighted by Gasteiger charge is 2.08. The van der Waals surface area contributed by atoms with Crippen LogP contribution < -0.4 is 4.74 Å². The third kappa shape index (κ3) is 2.48. The molecule has 0 saturated carbocycles. The third-order valence-corrected chi connectivity index (χ3v) is 3.63. The predicted molar refractivity (Wildman–Crippen MR) is 69.7 cm³/mol. The molecule has 2 rings (SSSR count). The summed E-state index contributed by atoms with van der Waals surface area (Å²) in [4.78, 5) is 0. The fourth-order valence-corrected chi connectivity index (χ4v) is 2.68. The first-order valence-electron chi connectivity index (χ1n) is 5.49. The monoisotopic (exact) mass is 243 g/mol. The van der Waals surface area contributed by atoms with Crippen LogP contribution in [0.25, 0.3) is 0 Å². The summed E-state index contributed by atoms with van der Waals surface area (Å²) >= 11 is 1.62. The molecule has 0 bridgehead atoms. The largest absolute Gasteiger partial charge is 0.446 e. The Labute approximate surface area is 105 Å². The first kappa shape index (κ1) is 11.7. The number of aryl methyl sites for hydroxylation is 1. The third-order valence-electron chi connectivity index (χ3n) is 2.61. The van der Waals surface area contributed by atoms with Crippen LogP contribution in [-0.4, -0.2) is 0 Å². The SMILES string of the molecule is CCc1c(C)csc1Oc1ccc(C#N)cc1. The van der Waals surface area contributed by atoms with E-state index in [2.05, 4.69) is 25.3 Å². The molecule has 17 heavy (non-hydrogen) atoms. The second kappa shape index (κ2) is 5.03. The maximum atomic E-state index is 8.71. The molecule has 0 saturated heterocycles. The summed E-state index contributed by atoms with van der Waals surface area (Å²) in [6.45, 7) is 4.22. The fourth-order valence-electron chi connectivity index (χ4n) is 1.66. The molecule has 0 aliphatic heterocycles. The lowest BCUT2D eigenvalue weighted by atomic mass is 10.2. The van der Waals surface area contributed by atoms with Crippen molar-refractivity contribution in [1.29, 1.82) is 5.26 Å². The lowest BCUT2D eigenvalue weighted by molar-refractivity contribution is 0.491. The van der Waals surface area contributed by atoms with Gasteiger partial charge in [-0.1, -0.05) is 6.92 Å². The van der Waals surface area contributed by atoms with Crippen molar-refractivity contribution < 1.29 is 4.74 Å². The Balaban J connectivity index is 2.22. The summed E-state index contributed by atoms with van der Waals surface area (Å²) in [5.41, 5.74) is 3.19. The highest BCUT2D eigenvalue weighted by Crippen LogP contribution is 2.34. The summed E-state index contributed by atoms with van der Waals surface area (Å²) in [6, 6.07) is 9.28. The lowest BCUT2D eigenvalue weighted by Crippen LogP contribution is -1.87. The number of hydrogen-bond donors (Lipinski definition) is 0. The van der Waals surface area contributed by atoms with Crippen LogP contribution in [0.1, 0.15) is 23.6 Å². The molecular weight excluding hydrogens is 230 g/mol. The van der Waals surface area contributed by atoms with Gasteiger partial charge in [0.2, 0.25) is 0 Å². The number of ether oxygens (including phenoxy) is 1. The van der Waals surface area contributed by atoms with E-state index >= 15 is 0 Å². The number of nitrogens with zero attached hydrogens (tertiary/aromatic N) is 1. The molecule has 0 fully saturated rings. The Bertz CT molecular complexity index is 549. The van der Waals surface area contributed by atoms with E-state index in [-0.39, 0.29) is 0 Å². The van der Waals surface area contributed by atoms with Crippen LogP contribution in [0.5, 0.6) is 10.8 Å². The second-order valence-electron chi connectivity index (χ2n) is 3.78. The first-order chi connectivity index (χ1) is 8.24. The van der Waals surface area contributed by atoms with Gasteiger partial charge in [-0.25, -0.2) is 0 Å². The van der Waals surface area contributed by atoms with Crippen molar-refractivity contribution in [1.82, 2.24) is 0 Å². The summed E-state index contributed by atoms with van der Waals surface area (Å²) in [6.07, 6.45) is 0.973. The van der Waals surface area contributed by atoms with Gasteiger partial charge in [-0.2, -0.15) is 5.26 Å². The molecule has 0 N–H and O–H groups in total. The average Bonchev–Trinajstić information content (AvgIpc) is 2.71.